The molecule has 0 saturated heterocycles. The second kappa shape index (κ2) is 9.02. The summed E-state index contributed by atoms with van der Waals surface area (Å²) < 4.78 is 7.05. The topological polar surface area (TPSA) is 70.1 Å². The Hall–Kier alpha value is -1.37. The predicted molar refractivity (Wildman–Crippen MR) is 107 cm³/mol. The lowest BCUT2D eigenvalue weighted by atomic mass is 10.1. The first kappa shape index (κ1) is 20.9. The monoisotopic (exact) mass is 415 g/mol. The van der Waals surface area contributed by atoms with E-state index in [0.29, 0.717) is 16.5 Å². The minimum absolute atomic E-state index is 0.190. The fourth-order valence-electron chi connectivity index (χ4n) is 2.61. The van der Waals surface area contributed by atoms with E-state index >= 15 is 0 Å². The van der Waals surface area contributed by atoms with Crippen LogP contribution in [0.3, 0.4) is 0 Å². The van der Waals surface area contributed by atoms with E-state index in [0.717, 1.165) is 21.4 Å². The molecule has 2 N–H and O–H groups in total. The number of primary amides is 1. The molecule has 1 aromatic carbocycles. The van der Waals surface area contributed by atoms with Crippen molar-refractivity contribution in [2.24, 2.45) is 5.73 Å². The lowest BCUT2D eigenvalue weighted by Crippen LogP contribution is -2.16. The largest absolute Gasteiger partial charge is 0.449 e. The SMILES string of the molecule is CC(C)c1nc(CCOC(N)=O)n(C(C)C)c1Sc1cc(Cl)cc(Cl)c1. The molecule has 1 heterocycles. The fourth-order valence-corrected chi connectivity index (χ4v) is 4.66. The van der Waals surface area contributed by atoms with E-state index in [9.17, 15) is 4.79 Å². The number of imidazole rings is 1. The second-order valence-electron chi connectivity index (χ2n) is 6.46. The molecule has 0 bridgehead atoms. The zero-order valence-corrected chi connectivity index (χ0v) is 17.6. The van der Waals surface area contributed by atoms with Crippen molar-refractivity contribution in [3.05, 3.63) is 39.8 Å². The zero-order chi connectivity index (χ0) is 19.4. The zero-order valence-electron chi connectivity index (χ0n) is 15.3. The summed E-state index contributed by atoms with van der Waals surface area (Å²) >= 11 is 13.9. The van der Waals surface area contributed by atoms with Crippen LogP contribution in [-0.4, -0.2) is 22.3 Å². The van der Waals surface area contributed by atoms with Gasteiger partial charge in [-0.15, -0.1) is 0 Å². The van der Waals surface area contributed by atoms with Gasteiger partial charge in [-0.25, -0.2) is 9.78 Å². The van der Waals surface area contributed by atoms with Crippen LogP contribution in [-0.2, 0) is 11.2 Å². The van der Waals surface area contributed by atoms with Crippen LogP contribution in [0, 0.1) is 0 Å². The molecular weight excluding hydrogens is 393 g/mol. The Bertz CT molecular complexity index is 771. The molecular formula is C18H23Cl2N3O2S. The van der Waals surface area contributed by atoms with Gasteiger partial charge >= 0.3 is 6.09 Å². The molecule has 0 unspecified atom stereocenters. The number of aromatic nitrogens is 2. The van der Waals surface area contributed by atoms with Crippen LogP contribution >= 0.6 is 35.0 Å². The molecule has 1 aromatic heterocycles. The number of carbonyl (C=O) groups is 1. The molecule has 0 saturated carbocycles. The molecule has 2 aromatic rings. The summed E-state index contributed by atoms with van der Waals surface area (Å²) in [5.74, 6) is 1.10. The van der Waals surface area contributed by atoms with E-state index in [1.54, 1.807) is 17.8 Å². The van der Waals surface area contributed by atoms with Gasteiger partial charge in [0.25, 0.3) is 0 Å². The molecule has 5 nitrogen and oxygen atoms in total. The van der Waals surface area contributed by atoms with Gasteiger partial charge in [-0.3, -0.25) is 0 Å². The Morgan fingerprint density at radius 1 is 1.23 bits per heavy atom. The minimum atomic E-state index is -0.778. The Labute approximate surface area is 168 Å². The van der Waals surface area contributed by atoms with E-state index in [-0.39, 0.29) is 18.6 Å². The van der Waals surface area contributed by atoms with Crippen molar-refractivity contribution in [1.82, 2.24) is 9.55 Å². The van der Waals surface area contributed by atoms with Crippen LogP contribution in [0.5, 0.6) is 0 Å². The van der Waals surface area contributed by atoms with Crippen LogP contribution in [0.4, 0.5) is 4.79 Å². The van der Waals surface area contributed by atoms with E-state index in [2.05, 4.69) is 32.3 Å². The summed E-state index contributed by atoms with van der Waals surface area (Å²) in [4.78, 5) is 16.6. The standard InChI is InChI=1S/C18H23Cl2N3O2S/c1-10(2)16-17(26-14-8-12(19)7-13(20)9-14)23(11(3)4)15(22-16)5-6-25-18(21)24/h7-11H,5-6H2,1-4H3,(H2,21,24). The molecule has 0 aliphatic carbocycles. The minimum Gasteiger partial charge on any atom is -0.449 e. The highest BCUT2D eigenvalue weighted by Crippen LogP contribution is 2.38. The molecule has 0 aliphatic heterocycles. The first-order valence-electron chi connectivity index (χ1n) is 8.36. The number of benzene rings is 1. The number of amides is 1. The lowest BCUT2D eigenvalue weighted by molar-refractivity contribution is 0.157. The number of nitrogens with zero attached hydrogens (tertiary/aromatic N) is 2. The number of carbonyl (C=O) groups excluding carboxylic acids is 1. The summed E-state index contributed by atoms with van der Waals surface area (Å²) in [6.45, 7) is 8.60. The van der Waals surface area contributed by atoms with Crippen molar-refractivity contribution in [2.45, 2.75) is 56.0 Å². The van der Waals surface area contributed by atoms with Crippen molar-refractivity contribution in [2.75, 3.05) is 6.61 Å². The molecule has 142 valence electrons. The van der Waals surface area contributed by atoms with Gasteiger partial charge in [-0.05, 0) is 38.0 Å². The third-order valence-corrected chi connectivity index (χ3v) is 5.16. The smallest absolute Gasteiger partial charge is 0.404 e. The van der Waals surface area contributed by atoms with Gasteiger partial charge in [0.2, 0.25) is 0 Å². The molecule has 0 radical (unpaired) electrons. The number of ether oxygens (including phenoxy) is 1. The third kappa shape index (κ3) is 5.32. The first-order valence-corrected chi connectivity index (χ1v) is 9.93. The molecule has 0 fully saturated rings. The number of halogens is 2. The average molecular weight is 416 g/mol. The summed E-state index contributed by atoms with van der Waals surface area (Å²) in [5, 5.41) is 2.23. The number of nitrogens with two attached hydrogens (primary N) is 1. The van der Waals surface area contributed by atoms with Crippen molar-refractivity contribution < 1.29 is 9.53 Å². The summed E-state index contributed by atoms with van der Waals surface area (Å²) in [5.41, 5.74) is 6.05. The van der Waals surface area contributed by atoms with Gasteiger partial charge in [0.15, 0.2) is 0 Å². The third-order valence-electron chi connectivity index (χ3n) is 3.65. The quantitative estimate of drug-likeness (QED) is 0.630. The van der Waals surface area contributed by atoms with Gasteiger partial charge in [-0.1, -0.05) is 48.8 Å². The molecule has 2 rings (SSSR count). The van der Waals surface area contributed by atoms with E-state index < -0.39 is 6.09 Å². The highest BCUT2D eigenvalue weighted by molar-refractivity contribution is 7.99. The van der Waals surface area contributed by atoms with Crippen molar-refractivity contribution >= 4 is 41.1 Å². The number of hydrogen-bond acceptors (Lipinski definition) is 4. The van der Waals surface area contributed by atoms with Gasteiger partial charge in [0, 0.05) is 27.4 Å². The normalized spacial score (nSPS) is 11.4. The maximum absolute atomic E-state index is 10.8. The van der Waals surface area contributed by atoms with Crippen molar-refractivity contribution in [3.63, 3.8) is 0 Å². The molecule has 26 heavy (non-hydrogen) atoms. The summed E-state index contributed by atoms with van der Waals surface area (Å²) in [6, 6.07) is 5.67. The molecule has 0 aliphatic rings. The highest BCUT2D eigenvalue weighted by Gasteiger charge is 2.22. The maximum atomic E-state index is 10.8. The van der Waals surface area contributed by atoms with Crippen LogP contribution in [0.15, 0.2) is 28.1 Å². The number of hydrogen-bond donors (Lipinski definition) is 1. The second-order valence-corrected chi connectivity index (χ2v) is 8.40. The molecule has 1 amide bonds. The van der Waals surface area contributed by atoms with Gasteiger partial charge < -0.3 is 15.0 Å². The van der Waals surface area contributed by atoms with Crippen molar-refractivity contribution in [3.8, 4) is 0 Å². The first-order chi connectivity index (χ1) is 12.2. The van der Waals surface area contributed by atoms with Gasteiger partial charge in [0.05, 0.1) is 5.69 Å². The average Bonchev–Trinajstić information content (AvgIpc) is 2.84. The van der Waals surface area contributed by atoms with Gasteiger partial charge in [-0.2, -0.15) is 0 Å². The Kier molecular flexibility index (Phi) is 7.26. The van der Waals surface area contributed by atoms with Crippen LogP contribution < -0.4 is 5.73 Å². The van der Waals surface area contributed by atoms with E-state index in [4.69, 9.17) is 38.7 Å². The Balaban J connectivity index is 2.44. The maximum Gasteiger partial charge on any atom is 0.404 e. The summed E-state index contributed by atoms with van der Waals surface area (Å²) in [6.07, 6.45) is -0.280. The highest BCUT2D eigenvalue weighted by atomic mass is 35.5. The molecule has 8 heteroatoms. The molecule has 0 atom stereocenters. The molecule has 0 spiro atoms. The Morgan fingerprint density at radius 3 is 2.35 bits per heavy atom. The number of rotatable bonds is 7. The van der Waals surface area contributed by atoms with Crippen LogP contribution in [0.2, 0.25) is 10.0 Å². The predicted octanol–water partition coefficient (Wildman–Crippen LogP) is 5.68. The van der Waals surface area contributed by atoms with Crippen molar-refractivity contribution in [1.29, 1.82) is 0 Å². The summed E-state index contributed by atoms with van der Waals surface area (Å²) in [7, 11) is 0. The van der Waals surface area contributed by atoms with E-state index in [1.807, 2.05) is 12.1 Å². The Morgan fingerprint density at radius 2 is 1.85 bits per heavy atom. The van der Waals surface area contributed by atoms with Gasteiger partial charge in [0.1, 0.15) is 17.5 Å². The fraction of sp³-hybridized carbons (Fsp3) is 0.444. The van der Waals surface area contributed by atoms with E-state index in [1.165, 1.54) is 0 Å². The lowest BCUT2D eigenvalue weighted by Gasteiger charge is -2.17. The van der Waals surface area contributed by atoms with Crippen LogP contribution in [0.25, 0.3) is 0 Å². The van der Waals surface area contributed by atoms with Crippen LogP contribution in [0.1, 0.15) is 51.2 Å².